The Hall–Kier alpha value is -2.80. The van der Waals surface area contributed by atoms with Crippen molar-refractivity contribution < 1.29 is 9.72 Å². The second kappa shape index (κ2) is 8.53. The quantitative estimate of drug-likeness (QED) is 0.502. The maximum Gasteiger partial charge on any atom is 0.292 e. The van der Waals surface area contributed by atoms with Crippen LogP contribution in [-0.4, -0.2) is 41.9 Å². The van der Waals surface area contributed by atoms with Crippen LogP contribution in [0.25, 0.3) is 0 Å². The maximum absolute atomic E-state index is 12.4. The number of nitrogens with zero attached hydrogens (tertiary/aromatic N) is 3. The molecule has 0 bridgehead atoms. The van der Waals surface area contributed by atoms with Crippen molar-refractivity contribution >= 4 is 35.4 Å². The number of piperazine rings is 1. The van der Waals surface area contributed by atoms with Crippen LogP contribution >= 0.6 is 12.4 Å². The molecule has 0 aliphatic carbocycles. The van der Waals surface area contributed by atoms with E-state index in [2.05, 4.69) is 0 Å². The van der Waals surface area contributed by atoms with E-state index in [1.54, 1.807) is 30.3 Å². The van der Waals surface area contributed by atoms with Gasteiger partial charge in [0.2, 0.25) is 5.91 Å². The first-order chi connectivity index (χ1) is 12.0. The third kappa shape index (κ3) is 4.43. The number of hydrogen-bond donors (Lipinski definition) is 1. The summed E-state index contributed by atoms with van der Waals surface area (Å²) in [5, 5.41) is 11.2. The van der Waals surface area contributed by atoms with E-state index < -0.39 is 0 Å². The number of nitro groups is 1. The summed E-state index contributed by atoms with van der Waals surface area (Å²) in [7, 11) is 0. The van der Waals surface area contributed by atoms with Gasteiger partial charge in [0.25, 0.3) is 5.69 Å². The van der Waals surface area contributed by atoms with Crippen LogP contribution in [0.3, 0.4) is 0 Å². The van der Waals surface area contributed by atoms with Gasteiger partial charge in [-0.15, -0.1) is 12.4 Å². The molecule has 26 heavy (non-hydrogen) atoms. The van der Waals surface area contributed by atoms with E-state index in [-0.39, 0.29) is 28.9 Å². The molecule has 0 unspecified atom stereocenters. The van der Waals surface area contributed by atoms with E-state index in [9.17, 15) is 14.9 Å². The lowest BCUT2D eigenvalue weighted by atomic mass is 10.1. The second-order valence-corrected chi connectivity index (χ2v) is 6.03. The zero-order valence-corrected chi connectivity index (χ0v) is 15.0. The number of rotatable bonds is 4. The highest BCUT2D eigenvalue weighted by Crippen LogP contribution is 2.28. The van der Waals surface area contributed by atoms with Crippen molar-refractivity contribution in [2.24, 2.45) is 0 Å². The summed E-state index contributed by atoms with van der Waals surface area (Å²) in [5.41, 5.74) is 7.97. The van der Waals surface area contributed by atoms with Crippen LogP contribution in [-0.2, 0) is 11.2 Å². The van der Waals surface area contributed by atoms with Crippen molar-refractivity contribution in [3.8, 4) is 0 Å². The van der Waals surface area contributed by atoms with Crippen molar-refractivity contribution in [2.45, 2.75) is 6.42 Å². The number of para-hydroxylation sites is 2. The topological polar surface area (TPSA) is 92.7 Å². The van der Waals surface area contributed by atoms with Gasteiger partial charge in [0, 0.05) is 37.9 Å². The first-order valence-electron chi connectivity index (χ1n) is 8.15. The summed E-state index contributed by atoms with van der Waals surface area (Å²) < 4.78 is 0. The molecule has 0 spiro atoms. The predicted molar refractivity (Wildman–Crippen MR) is 104 cm³/mol. The van der Waals surface area contributed by atoms with Crippen LogP contribution in [0.4, 0.5) is 17.1 Å². The number of benzene rings is 2. The highest BCUT2D eigenvalue weighted by Gasteiger charge is 2.25. The molecule has 8 heteroatoms. The zero-order chi connectivity index (χ0) is 17.8. The summed E-state index contributed by atoms with van der Waals surface area (Å²) in [5.74, 6) is 0.0620. The molecule has 1 heterocycles. The number of nitrogen functional groups attached to an aromatic ring is 1. The van der Waals surface area contributed by atoms with Crippen molar-refractivity contribution in [3.63, 3.8) is 0 Å². The molecule has 0 aromatic heterocycles. The second-order valence-electron chi connectivity index (χ2n) is 6.03. The lowest BCUT2D eigenvalue weighted by molar-refractivity contribution is -0.384. The molecule has 1 aliphatic rings. The van der Waals surface area contributed by atoms with Gasteiger partial charge in [0.15, 0.2) is 0 Å². The van der Waals surface area contributed by atoms with E-state index >= 15 is 0 Å². The molecule has 0 radical (unpaired) electrons. The molecule has 138 valence electrons. The molecule has 1 amide bonds. The molecule has 3 rings (SSSR count). The highest BCUT2D eigenvalue weighted by molar-refractivity contribution is 5.85. The smallest absolute Gasteiger partial charge is 0.292 e. The predicted octanol–water partition coefficient (Wildman–Crippen LogP) is 2.49. The van der Waals surface area contributed by atoms with E-state index in [0.717, 1.165) is 5.56 Å². The Morgan fingerprint density at radius 3 is 2.27 bits per heavy atom. The molecule has 2 N–H and O–H groups in total. The fourth-order valence-electron chi connectivity index (χ4n) is 3.00. The number of halogens is 1. The SMILES string of the molecule is Cl.Nc1ccc(CC(=O)N2CCN(c3ccccc3[N+](=O)[O-])CC2)cc1. The average molecular weight is 377 g/mol. The van der Waals surface area contributed by atoms with Gasteiger partial charge >= 0.3 is 0 Å². The van der Waals surface area contributed by atoms with E-state index in [1.165, 1.54) is 6.07 Å². The van der Waals surface area contributed by atoms with Crippen molar-refractivity contribution in [3.05, 3.63) is 64.2 Å². The summed E-state index contributed by atoms with van der Waals surface area (Å²) in [6.45, 7) is 2.27. The summed E-state index contributed by atoms with van der Waals surface area (Å²) in [4.78, 5) is 27.0. The number of nitrogens with two attached hydrogens (primary N) is 1. The van der Waals surface area contributed by atoms with E-state index in [0.29, 0.717) is 44.0 Å². The van der Waals surface area contributed by atoms with Crippen LogP contribution < -0.4 is 10.6 Å². The fraction of sp³-hybridized carbons (Fsp3) is 0.278. The molecule has 2 aromatic rings. The van der Waals surface area contributed by atoms with Gasteiger partial charge in [-0.3, -0.25) is 14.9 Å². The lowest BCUT2D eigenvalue weighted by Gasteiger charge is -2.35. The van der Waals surface area contributed by atoms with Gasteiger partial charge in [0.1, 0.15) is 5.69 Å². The molecule has 2 aromatic carbocycles. The number of anilines is 2. The standard InChI is InChI=1S/C18H20N4O3.ClH/c19-15-7-5-14(6-8-15)13-18(23)21-11-9-20(10-12-21)16-3-1-2-4-17(16)22(24)25;/h1-8H,9-13,19H2;1H. The van der Waals surface area contributed by atoms with Crippen molar-refractivity contribution in [2.75, 3.05) is 36.8 Å². The summed E-state index contributed by atoms with van der Waals surface area (Å²) >= 11 is 0. The van der Waals surface area contributed by atoms with Crippen molar-refractivity contribution in [1.29, 1.82) is 0 Å². The van der Waals surface area contributed by atoms with Crippen LogP contribution in [0.1, 0.15) is 5.56 Å². The lowest BCUT2D eigenvalue weighted by Crippen LogP contribution is -2.49. The highest BCUT2D eigenvalue weighted by atomic mass is 35.5. The van der Waals surface area contributed by atoms with E-state index in [4.69, 9.17) is 5.73 Å². The van der Waals surface area contributed by atoms with Crippen LogP contribution in [0.5, 0.6) is 0 Å². The largest absolute Gasteiger partial charge is 0.399 e. The maximum atomic E-state index is 12.4. The van der Waals surface area contributed by atoms with E-state index in [1.807, 2.05) is 21.9 Å². The fourth-order valence-corrected chi connectivity index (χ4v) is 3.00. The molecule has 0 atom stereocenters. The Kier molecular flexibility index (Phi) is 6.41. The molecule has 1 aliphatic heterocycles. The number of carbonyl (C=O) groups is 1. The minimum Gasteiger partial charge on any atom is -0.399 e. The number of nitro benzene ring substituents is 1. The Balaban J connectivity index is 0.00000243. The van der Waals surface area contributed by atoms with Gasteiger partial charge in [-0.1, -0.05) is 24.3 Å². The molecule has 7 nitrogen and oxygen atoms in total. The monoisotopic (exact) mass is 376 g/mol. The zero-order valence-electron chi connectivity index (χ0n) is 14.2. The first kappa shape index (κ1) is 19.5. The summed E-state index contributed by atoms with van der Waals surface area (Å²) in [6.07, 6.45) is 0.339. The minimum absolute atomic E-state index is 0. The number of hydrogen-bond acceptors (Lipinski definition) is 5. The first-order valence-corrected chi connectivity index (χ1v) is 8.15. The third-order valence-corrected chi connectivity index (χ3v) is 4.39. The van der Waals surface area contributed by atoms with Crippen LogP contribution in [0, 0.1) is 10.1 Å². The molecule has 0 saturated carbocycles. The molecular formula is C18H21ClN4O3. The summed E-state index contributed by atoms with van der Waals surface area (Å²) in [6, 6.07) is 14.0. The van der Waals surface area contributed by atoms with Gasteiger partial charge in [0.05, 0.1) is 11.3 Å². The van der Waals surface area contributed by atoms with Gasteiger partial charge in [-0.25, -0.2) is 0 Å². The molecular weight excluding hydrogens is 356 g/mol. The number of amides is 1. The normalized spacial score (nSPS) is 13.8. The molecule has 1 saturated heterocycles. The Bertz CT molecular complexity index is 774. The average Bonchev–Trinajstić information content (AvgIpc) is 2.63. The van der Waals surface area contributed by atoms with Gasteiger partial charge in [-0.2, -0.15) is 0 Å². The Labute approximate surface area is 157 Å². The Morgan fingerprint density at radius 1 is 1.04 bits per heavy atom. The minimum atomic E-state index is -0.367. The van der Waals surface area contributed by atoms with Crippen molar-refractivity contribution in [1.82, 2.24) is 4.90 Å². The third-order valence-electron chi connectivity index (χ3n) is 4.39. The molecule has 1 fully saturated rings. The number of carbonyl (C=O) groups excluding carboxylic acids is 1. The Morgan fingerprint density at radius 2 is 1.65 bits per heavy atom. The van der Waals surface area contributed by atoms with Gasteiger partial charge in [-0.05, 0) is 23.8 Å². The van der Waals surface area contributed by atoms with Crippen LogP contribution in [0.15, 0.2) is 48.5 Å². The van der Waals surface area contributed by atoms with Gasteiger partial charge < -0.3 is 15.5 Å². The van der Waals surface area contributed by atoms with Crippen LogP contribution in [0.2, 0.25) is 0 Å².